The largest absolute Gasteiger partial charge is 0.323 e. The number of aromatic nitrogens is 3. The molecule has 0 N–H and O–H groups in total. The number of benzene rings is 2. The van der Waals surface area contributed by atoms with Gasteiger partial charge >= 0.3 is 5.69 Å². The van der Waals surface area contributed by atoms with E-state index in [-0.39, 0.29) is 45.4 Å². The van der Waals surface area contributed by atoms with E-state index in [4.69, 9.17) is 0 Å². The first kappa shape index (κ1) is 22.6. The molecule has 0 aliphatic rings. The van der Waals surface area contributed by atoms with Crippen LogP contribution in [0.3, 0.4) is 0 Å². The quantitative estimate of drug-likeness (QED) is 0.273. The van der Waals surface area contributed by atoms with Gasteiger partial charge in [0.2, 0.25) is 0 Å². The number of hydrogen-bond donors (Lipinski definition) is 0. The fourth-order valence-electron chi connectivity index (χ4n) is 3.30. The molecule has 2 heterocycles. The molecule has 0 unspecified atom stereocenters. The lowest BCUT2D eigenvalue weighted by Crippen LogP contribution is -2.03. The maximum absolute atomic E-state index is 12.2. The Bertz CT molecular complexity index is 1480. The summed E-state index contributed by atoms with van der Waals surface area (Å²) >= 11 is 0. The molecule has 15 nitrogen and oxygen atoms in total. The van der Waals surface area contributed by atoms with Crippen LogP contribution in [0.1, 0.15) is 0 Å². The Hall–Kier alpha value is -5.60. The standard InChI is InChI=1S/C20H11N7O8/c28-24(29)14-5-1-12(2-6-14)18-20(27(34)35)19(13-3-7-15(8-4-13)25(30)31)23(22-18)17-10-9-16(11-21-17)26(32)33/h1-11H. The summed E-state index contributed by atoms with van der Waals surface area (Å²) < 4.78 is 1.08. The second kappa shape index (κ2) is 8.74. The molecule has 4 aromatic rings. The summed E-state index contributed by atoms with van der Waals surface area (Å²) in [6, 6.07) is 12.2. The Kier molecular flexibility index (Phi) is 5.64. The van der Waals surface area contributed by atoms with Gasteiger partial charge in [-0.05, 0) is 30.3 Å². The number of pyridine rings is 1. The molecule has 2 aromatic carbocycles. The number of nitro benzene ring substituents is 2. The van der Waals surface area contributed by atoms with E-state index in [1.165, 1.54) is 30.3 Å². The summed E-state index contributed by atoms with van der Waals surface area (Å²) in [6.45, 7) is 0. The van der Waals surface area contributed by atoms with Gasteiger partial charge in [-0.2, -0.15) is 5.10 Å². The van der Waals surface area contributed by atoms with Crippen molar-refractivity contribution in [3.63, 3.8) is 0 Å². The Morgan fingerprint density at radius 1 is 0.600 bits per heavy atom. The van der Waals surface area contributed by atoms with Crippen molar-refractivity contribution in [3.8, 4) is 28.3 Å². The minimum Gasteiger partial charge on any atom is -0.258 e. The van der Waals surface area contributed by atoms with Crippen molar-refractivity contribution in [2.45, 2.75) is 0 Å². The molecule has 0 radical (unpaired) electrons. The average Bonchev–Trinajstić information content (AvgIpc) is 3.25. The summed E-state index contributed by atoms with van der Waals surface area (Å²) in [4.78, 5) is 46.5. The monoisotopic (exact) mass is 477 g/mol. The fraction of sp³-hybridized carbons (Fsp3) is 0. The summed E-state index contributed by atoms with van der Waals surface area (Å²) in [5, 5.41) is 49.4. The van der Waals surface area contributed by atoms with Gasteiger partial charge in [0.25, 0.3) is 17.1 Å². The highest BCUT2D eigenvalue weighted by molar-refractivity contribution is 5.83. The van der Waals surface area contributed by atoms with Crippen LogP contribution in [0.5, 0.6) is 0 Å². The van der Waals surface area contributed by atoms with Crippen LogP contribution >= 0.6 is 0 Å². The smallest absolute Gasteiger partial charge is 0.258 e. The molecule has 0 aliphatic carbocycles. The highest BCUT2D eigenvalue weighted by atomic mass is 16.6. The lowest BCUT2D eigenvalue weighted by molar-refractivity contribution is -0.385. The van der Waals surface area contributed by atoms with Crippen LogP contribution in [-0.4, -0.2) is 34.5 Å². The molecule has 2 aromatic heterocycles. The normalized spacial score (nSPS) is 10.6. The van der Waals surface area contributed by atoms with Crippen molar-refractivity contribution < 1.29 is 19.7 Å². The van der Waals surface area contributed by atoms with Gasteiger partial charge in [-0.1, -0.05) is 0 Å². The second-order valence-corrected chi connectivity index (χ2v) is 6.95. The Morgan fingerprint density at radius 2 is 1.09 bits per heavy atom. The molecule has 15 heteroatoms. The minimum atomic E-state index is -0.706. The van der Waals surface area contributed by atoms with E-state index in [0.29, 0.717) is 0 Å². The molecule has 0 bridgehead atoms. The van der Waals surface area contributed by atoms with Crippen molar-refractivity contribution in [3.05, 3.63) is 107 Å². The molecule has 0 amide bonds. The number of non-ortho nitro benzene ring substituents is 2. The van der Waals surface area contributed by atoms with Crippen LogP contribution < -0.4 is 0 Å². The molecule has 0 fully saturated rings. The molecular weight excluding hydrogens is 466 g/mol. The van der Waals surface area contributed by atoms with Gasteiger partial charge in [0.05, 0.1) is 19.7 Å². The van der Waals surface area contributed by atoms with E-state index in [9.17, 15) is 40.5 Å². The predicted molar refractivity (Wildman–Crippen MR) is 119 cm³/mol. The van der Waals surface area contributed by atoms with E-state index in [2.05, 4.69) is 10.1 Å². The summed E-state index contributed by atoms with van der Waals surface area (Å²) in [5.41, 5.74) is -1.17. The summed E-state index contributed by atoms with van der Waals surface area (Å²) in [5.74, 6) is 0.000199. The third-order valence-corrected chi connectivity index (χ3v) is 4.91. The van der Waals surface area contributed by atoms with Crippen LogP contribution in [0.15, 0.2) is 66.9 Å². The van der Waals surface area contributed by atoms with E-state index in [1.54, 1.807) is 0 Å². The van der Waals surface area contributed by atoms with E-state index < -0.39 is 25.4 Å². The predicted octanol–water partition coefficient (Wildman–Crippen LogP) is 4.23. The number of nitrogens with zero attached hydrogens (tertiary/aromatic N) is 7. The van der Waals surface area contributed by atoms with Crippen LogP contribution in [-0.2, 0) is 0 Å². The number of rotatable bonds is 7. The average molecular weight is 477 g/mol. The van der Waals surface area contributed by atoms with Gasteiger partial charge in [0.15, 0.2) is 17.2 Å². The molecule has 174 valence electrons. The minimum absolute atomic E-state index is 0.000199. The van der Waals surface area contributed by atoms with E-state index in [0.717, 1.165) is 41.2 Å². The fourth-order valence-corrected chi connectivity index (χ4v) is 3.30. The maximum atomic E-state index is 12.2. The molecule has 0 aliphatic heterocycles. The number of nitro groups is 4. The first-order chi connectivity index (χ1) is 16.7. The first-order valence-corrected chi connectivity index (χ1v) is 9.55. The van der Waals surface area contributed by atoms with Crippen molar-refractivity contribution in [1.29, 1.82) is 0 Å². The molecule has 35 heavy (non-hydrogen) atoms. The SMILES string of the molecule is O=[N+]([O-])c1ccc(-c2nn(-c3ccc([N+](=O)[O-])cn3)c(-c3ccc([N+](=O)[O-])cc3)c2[N+](=O)[O-])cc1. The third-order valence-electron chi connectivity index (χ3n) is 4.91. The van der Waals surface area contributed by atoms with Crippen LogP contribution in [0.25, 0.3) is 28.3 Å². The molecular formula is C20H11N7O8. The lowest BCUT2D eigenvalue weighted by atomic mass is 10.1. The van der Waals surface area contributed by atoms with Gasteiger partial charge in [-0.25, -0.2) is 9.67 Å². The van der Waals surface area contributed by atoms with Gasteiger partial charge < -0.3 is 0 Å². The van der Waals surface area contributed by atoms with Crippen molar-refractivity contribution >= 4 is 22.7 Å². The lowest BCUT2D eigenvalue weighted by Gasteiger charge is -2.06. The molecule has 4 rings (SSSR count). The molecule has 0 saturated heterocycles. The van der Waals surface area contributed by atoms with E-state index >= 15 is 0 Å². The number of hydrogen-bond acceptors (Lipinski definition) is 10. The second-order valence-electron chi connectivity index (χ2n) is 6.95. The summed E-state index contributed by atoms with van der Waals surface area (Å²) in [6.07, 6.45) is 0.952. The Morgan fingerprint density at radius 3 is 1.51 bits per heavy atom. The third kappa shape index (κ3) is 4.23. The molecule has 0 spiro atoms. The van der Waals surface area contributed by atoms with Gasteiger partial charge in [-0.15, -0.1) is 0 Å². The highest BCUT2D eigenvalue weighted by Crippen LogP contribution is 2.40. The van der Waals surface area contributed by atoms with Gasteiger partial charge in [-0.3, -0.25) is 40.5 Å². The summed E-state index contributed by atoms with van der Waals surface area (Å²) in [7, 11) is 0. The molecule has 0 atom stereocenters. The van der Waals surface area contributed by atoms with Crippen molar-refractivity contribution in [1.82, 2.24) is 14.8 Å². The first-order valence-electron chi connectivity index (χ1n) is 9.55. The van der Waals surface area contributed by atoms with Gasteiger partial charge in [0.1, 0.15) is 6.20 Å². The zero-order valence-electron chi connectivity index (χ0n) is 17.2. The molecule has 0 saturated carbocycles. The van der Waals surface area contributed by atoms with Crippen LogP contribution in [0.4, 0.5) is 22.7 Å². The topological polar surface area (TPSA) is 203 Å². The van der Waals surface area contributed by atoms with Crippen molar-refractivity contribution in [2.75, 3.05) is 0 Å². The highest BCUT2D eigenvalue weighted by Gasteiger charge is 2.31. The van der Waals surface area contributed by atoms with Crippen molar-refractivity contribution in [2.24, 2.45) is 0 Å². The van der Waals surface area contributed by atoms with Crippen LogP contribution in [0, 0.1) is 40.5 Å². The van der Waals surface area contributed by atoms with Crippen LogP contribution in [0.2, 0.25) is 0 Å². The zero-order valence-corrected chi connectivity index (χ0v) is 17.2. The Balaban J connectivity index is 1.98. The maximum Gasteiger partial charge on any atom is 0.323 e. The zero-order chi connectivity index (χ0) is 25.3. The van der Waals surface area contributed by atoms with Gasteiger partial charge in [0, 0.05) is 41.5 Å². The Labute approximate surface area is 193 Å². The van der Waals surface area contributed by atoms with E-state index in [1.807, 2.05) is 0 Å².